The molecule has 0 atom stereocenters. The standard InChI is InChI=1S/C17H16N2O3S/c1-12-7-8-15(23-12)17(21)22-11-16(20)19-10-9-14(18-19)13-5-3-2-4-6-13/h2-8H,9-11H2,1H3. The van der Waals surface area contributed by atoms with Crippen LogP contribution in [0.2, 0.25) is 0 Å². The fourth-order valence-electron chi connectivity index (χ4n) is 2.29. The first-order valence-electron chi connectivity index (χ1n) is 7.30. The molecule has 1 aliphatic rings. The van der Waals surface area contributed by atoms with E-state index >= 15 is 0 Å². The molecule has 0 saturated carbocycles. The third-order valence-electron chi connectivity index (χ3n) is 3.47. The fourth-order valence-corrected chi connectivity index (χ4v) is 3.05. The Bertz CT molecular complexity index is 752. The van der Waals surface area contributed by atoms with Crippen molar-refractivity contribution in [2.24, 2.45) is 5.10 Å². The summed E-state index contributed by atoms with van der Waals surface area (Å²) in [5, 5.41) is 5.70. The summed E-state index contributed by atoms with van der Waals surface area (Å²) in [6.45, 7) is 2.14. The van der Waals surface area contributed by atoms with Gasteiger partial charge >= 0.3 is 5.97 Å². The van der Waals surface area contributed by atoms with Gasteiger partial charge in [0.05, 0.1) is 12.3 Å². The molecule has 6 heteroatoms. The summed E-state index contributed by atoms with van der Waals surface area (Å²) in [4.78, 5) is 25.5. The molecule has 0 aliphatic carbocycles. The highest BCUT2D eigenvalue weighted by Gasteiger charge is 2.22. The van der Waals surface area contributed by atoms with Gasteiger partial charge in [0, 0.05) is 11.3 Å². The molecule has 1 amide bonds. The lowest BCUT2D eigenvalue weighted by atomic mass is 10.1. The van der Waals surface area contributed by atoms with E-state index in [1.54, 1.807) is 6.07 Å². The number of hydrazone groups is 1. The normalized spacial score (nSPS) is 13.8. The van der Waals surface area contributed by atoms with Crippen molar-refractivity contribution >= 4 is 28.9 Å². The third kappa shape index (κ3) is 3.65. The van der Waals surface area contributed by atoms with Crippen molar-refractivity contribution in [2.45, 2.75) is 13.3 Å². The van der Waals surface area contributed by atoms with E-state index < -0.39 is 5.97 Å². The van der Waals surface area contributed by atoms with Crippen molar-refractivity contribution in [3.8, 4) is 0 Å². The number of esters is 1. The first kappa shape index (κ1) is 15.4. The maximum Gasteiger partial charge on any atom is 0.348 e. The zero-order valence-electron chi connectivity index (χ0n) is 12.7. The highest BCUT2D eigenvalue weighted by molar-refractivity contribution is 7.13. The number of nitrogens with zero attached hydrogens (tertiary/aromatic N) is 2. The SMILES string of the molecule is Cc1ccc(C(=O)OCC(=O)N2CCC(c3ccccc3)=N2)s1. The summed E-state index contributed by atoms with van der Waals surface area (Å²) in [5.74, 6) is -0.777. The highest BCUT2D eigenvalue weighted by Crippen LogP contribution is 2.17. The van der Waals surface area contributed by atoms with Gasteiger partial charge in [-0.15, -0.1) is 11.3 Å². The van der Waals surface area contributed by atoms with Gasteiger partial charge in [0.1, 0.15) is 4.88 Å². The molecule has 0 saturated heterocycles. The average Bonchev–Trinajstić information content (AvgIpc) is 3.22. The number of carbonyl (C=O) groups is 2. The van der Waals surface area contributed by atoms with Gasteiger partial charge in [-0.05, 0) is 24.6 Å². The molecule has 1 aromatic heterocycles. The van der Waals surface area contributed by atoms with Gasteiger partial charge in [0.15, 0.2) is 6.61 Å². The number of ether oxygens (including phenoxy) is 1. The Morgan fingerprint density at radius 3 is 2.70 bits per heavy atom. The first-order valence-corrected chi connectivity index (χ1v) is 8.12. The molecule has 0 spiro atoms. The van der Waals surface area contributed by atoms with Crippen LogP contribution in [-0.4, -0.2) is 35.7 Å². The molecule has 5 nitrogen and oxygen atoms in total. The average molecular weight is 328 g/mol. The van der Waals surface area contributed by atoms with Crippen LogP contribution in [0, 0.1) is 6.92 Å². The van der Waals surface area contributed by atoms with Crippen LogP contribution in [0.1, 0.15) is 26.5 Å². The lowest BCUT2D eigenvalue weighted by Gasteiger charge is -2.11. The molecule has 118 valence electrons. The Balaban J connectivity index is 1.57. The van der Waals surface area contributed by atoms with Crippen molar-refractivity contribution in [1.29, 1.82) is 0 Å². The van der Waals surface area contributed by atoms with Crippen LogP contribution in [0.4, 0.5) is 0 Å². The second-order valence-corrected chi connectivity index (χ2v) is 6.45. The molecule has 1 aliphatic heterocycles. The second-order valence-electron chi connectivity index (χ2n) is 5.17. The predicted octanol–water partition coefficient (Wildman–Crippen LogP) is 2.85. The van der Waals surface area contributed by atoms with E-state index in [-0.39, 0.29) is 12.5 Å². The van der Waals surface area contributed by atoms with Crippen LogP contribution in [0.15, 0.2) is 47.6 Å². The summed E-state index contributed by atoms with van der Waals surface area (Å²) >= 11 is 1.35. The van der Waals surface area contributed by atoms with Crippen molar-refractivity contribution in [3.05, 3.63) is 57.8 Å². The maximum absolute atomic E-state index is 12.1. The van der Waals surface area contributed by atoms with Crippen LogP contribution in [0.5, 0.6) is 0 Å². The fraction of sp³-hybridized carbons (Fsp3) is 0.235. The summed E-state index contributed by atoms with van der Waals surface area (Å²) in [6, 6.07) is 13.3. The van der Waals surface area contributed by atoms with Crippen LogP contribution >= 0.6 is 11.3 Å². The van der Waals surface area contributed by atoms with E-state index in [0.717, 1.165) is 16.2 Å². The summed E-state index contributed by atoms with van der Waals surface area (Å²) < 4.78 is 5.07. The lowest BCUT2D eigenvalue weighted by Crippen LogP contribution is -2.28. The predicted molar refractivity (Wildman–Crippen MR) is 88.6 cm³/mol. The van der Waals surface area contributed by atoms with Crippen LogP contribution in [0.3, 0.4) is 0 Å². The maximum atomic E-state index is 12.1. The van der Waals surface area contributed by atoms with E-state index in [9.17, 15) is 9.59 Å². The molecule has 1 aromatic carbocycles. The number of carbonyl (C=O) groups excluding carboxylic acids is 2. The number of hydrogen-bond donors (Lipinski definition) is 0. The van der Waals surface area contributed by atoms with Gasteiger partial charge in [-0.25, -0.2) is 9.80 Å². The smallest absolute Gasteiger partial charge is 0.348 e. The van der Waals surface area contributed by atoms with Gasteiger partial charge in [0.25, 0.3) is 5.91 Å². The van der Waals surface area contributed by atoms with Crippen molar-refractivity contribution in [2.75, 3.05) is 13.2 Å². The molecule has 0 bridgehead atoms. The molecular formula is C17H16N2O3S. The molecule has 0 N–H and O–H groups in total. The minimum atomic E-state index is -0.470. The number of aryl methyl sites for hydroxylation is 1. The van der Waals surface area contributed by atoms with Gasteiger partial charge < -0.3 is 4.74 Å². The molecule has 0 radical (unpaired) electrons. The number of thiophene rings is 1. The Labute approximate surface area is 138 Å². The number of rotatable bonds is 4. The van der Waals surface area contributed by atoms with Gasteiger partial charge in [-0.1, -0.05) is 30.3 Å². The molecule has 2 heterocycles. The Hall–Kier alpha value is -2.47. The van der Waals surface area contributed by atoms with E-state index in [1.165, 1.54) is 16.3 Å². The van der Waals surface area contributed by atoms with Crippen molar-refractivity contribution in [3.63, 3.8) is 0 Å². The summed E-state index contributed by atoms with van der Waals surface area (Å²) in [5.41, 5.74) is 1.88. The zero-order valence-corrected chi connectivity index (χ0v) is 13.5. The third-order valence-corrected chi connectivity index (χ3v) is 4.45. The van der Waals surface area contributed by atoms with Crippen molar-refractivity contribution < 1.29 is 14.3 Å². The number of hydrogen-bond acceptors (Lipinski definition) is 5. The van der Waals surface area contributed by atoms with Gasteiger partial charge in [-0.3, -0.25) is 4.79 Å². The van der Waals surface area contributed by atoms with Gasteiger partial charge in [0.2, 0.25) is 0 Å². The molecule has 3 rings (SSSR count). The minimum Gasteiger partial charge on any atom is -0.451 e. The molecule has 0 fully saturated rings. The molecule has 0 unspecified atom stereocenters. The molecule has 2 aromatic rings. The van der Waals surface area contributed by atoms with Crippen molar-refractivity contribution in [1.82, 2.24) is 5.01 Å². The lowest BCUT2D eigenvalue weighted by molar-refractivity contribution is -0.134. The van der Waals surface area contributed by atoms with Crippen LogP contribution in [0.25, 0.3) is 0 Å². The molecule has 23 heavy (non-hydrogen) atoms. The highest BCUT2D eigenvalue weighted by atomic mass is 32.1. The summed E-state index contributed by atoms with van der Waals surface area (Å²) in [6.07, 6.45) is 0.702. The van der Waals surface area contributed by atoms with Crippen LogP contribution in [-0.2, 0) is 9.53 Å². The number of benzene rings is 1. The van der Waals surface area contributed by atoms with Gasteiger partial charge in [-0.2, -0.15) is 5.10 Å². The molecular weight excluding hydrogens is 312 g/mol. The van der Waals surface area contributed by atoms with E-state index in [0.29, 0.717) is 17.8 Å². The topological polar surface area (TPSA) is 59.0 Å². The monoisotopic (exact) mass is 328 g/mol. The zero-order chi connectivity index (χ0) is 16.2. The minimum absolute atomic E-state index is 0.290. The number of amides is 1. The second kappa shape index (κ2) is 6.75. The summed E-state index contributed by atoms with van der Waals surface area (Å²) in [7, 11) is 0. The Kier molecular flexibility index (Phi) is 4.52. The van der Waals surface area contributed by atoms with Crippen LogP contribution < -0.4 is 0 Å². The van der Waals surface area contributed by atoms with E-state index in [4.69, 9.17) is 4.74 Å². The first-order chi connectivity index (χ1) is 11.1. The Morgan fingerprint density at radius 2 is 2.00 bits per heavy atom. The van der Waals surface area contributed by atoms with E-state index in [2.05, 4.69) is 5.10 Å². The van der Waals surface area contributed by atoms with E-state index in [1.807, 2.05) is 43.3 Å². The Morgan fingerprint density at radius 1 is 1.22 bits per heavy atom. The largest absolute Gasteiger partial charge is 0.451 e. The quantitative estimate of drug-likeness (QED) is 0.811.